The van der Waals surface area contributed by atoms with Crippen LogP contribution in [0.15, 0.2) is 109 Å². The van der Waals surface area contributed by atoms with Crippen molar-refractivity contribution in [1.82, 2.24) is 0 Å². The number of carbonyl (C=O) groups is 1. The second-order valence-corrected chi connectivity index (χ2v) is 13.3. The Labute approximate surface area is 234 Å². The van der Waals surface area contributed by atoms with Gasteiger partial charge in [0, 0.05) is 10.7 Å². The van der Waals surface area contributed by atoms with Gasteiger partial charge in [0.2, 0.25) is 0 Å². The number of esters is 1. The zero-order valence-electron chi connectivity index (χ0n) is 16.3. The van der Waals surface area contributed by atoms with Crippen molar-refractivity contribution >= 4 is 96.4 Å². The van der Waals surface area contributed by atoms with Gasteiger partial charge < -0.3 is 4.74 Å². The van der Waals surface area contributed by atoms with E-state index in [4.69, 9.17) is 4.74 Å². The van der Waals surface area contributed by atoms with E-state index in [1.54, 1.807) is 0 Å². The highest BCUT2D eigenvalue weighted by Gasteiger charge is 2.37. The average molecular weight is 791 g/mol. The normalized spacial score (nSPS) is 12.7. The van der Waals surface area contributed by atoms with E-state index >= 15 is 0 Å². The minimum absolute atomic E-state index is 0.190. The summed E-state index contributed by atoms with van der Waals surface area (Å²) < 4.78 is 8.60. The van der Waals surface area contributed by atoms with Gasteiger partial charge in [-0.1, -0.05) is 36.0 Å². The van der Waals surface area contributed by atoms with Crippen molar-refractivity contribution in [3.8, 4) is 5.75 Å². The number of fused-ring (bicyclic) bond motifs is 2. The smallest absolute Gasteiger partial charge is 0.345 e. The van der Waals surface area contributed by atoms with Crippen LogP contribution in [0.1, 0.15) is 10.4 Å². The molecule has 0 radical (unpaired) electrons. The summed E-state index contributed by atoms with van der Waals surface area (Å²) in [6.45, 7) is 0. The average Bonchev–Trinajstić information content (AvgIpc) is 2.81. The summed E-state index contributed by atoms with van der Waals surface area (Å²) in [7, 11) is -0.190. The van der Waals surface area contributed by atoms with Crippen LogP contribution < -0.4 is 4.74 Å². The van der Waals surface area contributed by atoms with Gasteiger partial charge in [-0.3, -0.25) is 0 Å². The Morgan fingerprint density at radius 1 is 0.719 bits per heavy atom. The molecule has 0 amide bonds. The van der Waals surface area contributed by atoms with Crippen molar-refractivity contribution < 1.29 is 9.53 Å². The van der Waals surface area contributed by atoms with E-state index in [2.05, 4.69) is 128 Å². The summed E-state index contributed by atoms with van der Waals surface area (Å²) in [5.41, 5.74) is 0.621. The van der Waals surface area contributed by atoms with Crippen LogP contribution in [0.5, 0.6) is 5.75 Å². The van der Waals surface area contributed by atoms with E-state index in [1.807, 2.05) is 36.0 Å². The van der Waals surface area contributed by atoms with Gasteiger partial charge in [-0.05, 0) is 128 Å². The highest BCUT2D eigenvalue weighted by atomic mass is 127. The Balaban J connectivity index is 1.47. The fourth-order valence-corrected chi connectivity index (χ4v) is 9.48. The maximum Gasteiger partial charge on any atom is 0.345 e. The van der Waals surface area contributed by atoms with E-state index in [-0.39, 0.29) is 16.9 Å². The van der Waals surface area contributed by atoms with E-state index < -0.39 is 0 Å². The molecule has 0 spiro atoms. The summed E-state index contributed by atoms with van der Waals surface area (Å²) in [5, 5.41) is 0. The lowest BCUT2D eigenvalue weighted by atomic mass is 10.2. The van der Waals surface area contributed by atoms with Crippen molar-refractivity contribution in [3.63, 3.8) is 0 Å². The molecule has 0 saturated heterocycles. The molecule has 32 heavy (non-hydrogen) atoms. The van der Waals surface area contributed by atoms with Gasteiger partial charge in [0.15, 0.2) is 14.7 Å². The number of ether oxygens (including phenoxy) is 1. The second-order valence-electron chi connectivity index (χ2n) is 6.88. The van der Waals surface area contributed by atoms with Gasteiger partial charge in [0.25, 0.3) is 0 Å². The van der Waals surface area contributed by atoms with Crippen LogP contribution in [-0.4, -0.2) is 5.97 Å². The molecule has 0 aromatic heterocycles. The Morgan fingerprint density at radius 3 is 1.91 bits per heavy atom. The topological polar surface area (TPSA) is 26.3 Å². The van der Waals surface area contributed by atoms with Crippen molar-refractivity contribution in [3.05, 3.63) is 101 Å². The summed E-state index contributed by atoms with van der Waals surface area (Å²) in [6, 6.07) is 29.1. The molecule has 0 saturated carbocycles. The zero-order valence-corrected chi connectivity index (χ0v) is 24.5. The minimum atomic E-state index is -0.322. The van der Waals surface area contributed by atoms with Crippen LogP contribution in [-0.2, 0) is 10.9 Å². The number of carbonyl (C=O) groups excluding carboxylic acids is 1. The first-order valence-electron chi connectivity index (χ1n) is 9.59. The molecule has 0 atom stereocenters. The Hall–Kier alpha value is -0.760. The molecule has 1 aliphatic rings. The Kier molecular flexibility index (Phi) is 7.08. The number of halogens is 3. The van der Waals surface area contributed by atoms with Crippen LogP contribution in [0.2, 0.25) is 0 Å². The molecule has 1 heterocycles. The predicted octanol–water partition coefficient (Wildman–Crippen LogP) is 8.28. The first-order chi connectivity index (χ1) is 15.5. The number of rotatable bonds is 3. The highest BCUT2D eigenvalue weighted by molar-refractivity contribution is 14.1. The molecular formula is C25H14I3O2S2+. The molecule has 0 aliphatic carbocycles. The quantitative estimate of drug-likeness (QED) is 0.0606. The summed E-state index contributed by atoms with van der Waals surface area (Å²) >= 11 is 8.47. The Bertz CT molecular complexity index is 1290. The summed E-state index contributed by atoms with van der Waals surface area (Å²) in [5.74, 6) is 0.234. The summed E-state index contributed by atoms with van der Waals surface area (Å²) in [4.78, 5) is 19.4. The Morgan fingerprint density at radius 2 is 1.28 bits per heavy atom. The molecule has 5 rings (SSSR count). The van der Waals surface area contributed by atoms with Gasteiger partial charge in [-0.15, -0.1) is 0 Å². The fourth-order valence-electron chi connectivity index (χ4n) is 3.41. The minimum Gasteiger partial charge on any atom is -0.423 e. The predicted molar refractivity (Wildman–Crippen MR) is 155 cm³/mol. The van der Waals surface area contributed by atoms with Crippen molar-refractivity contribution in [2.24, 2.45) is 0 Å². The van der Waals surface area contributed by atoms with Gasteiger partial charge in [0.1, 0.15) is 16.6 Å². The standard InChI is InChI=1S/C25H14I3O2S2/c26-17-13-14-18(27)24(28)23(17)25(29)30-15-9-11-16(12-10-15)32-21-7-3-1-5-19(21)31-20-6-2-4-8-22(20)32/h1-14H/q+1. The lowest BCUT2D eigenvalue weighted by Gasteiger charge is -2.18. The molecule has 158 valence electrons. The lowest BCUT2D eigenvalue weighted by molar-refractivity contribution is 0.0732. The number of hydrogen-bond donors (Lipinski definition) is 0. The maximum absolute atomic E-state index is 12.9. The number of hydrogen-bond acceptors (Lipinski definition) is 3. The van der Waals surface area contributed by atoms with Gasteiger partial charge in [-0.25, -0.2) is 4.79 Å². The maximum atomic E-state index is 12.9. The van der Waals surface area contributed by atoms with Crippen molar-refractivity contribution in [2.75, 3.05) is 0 Å². The summed E-state index contributed by atoms with van der Waals surface area (Å²) in [6.07, 6.45) is 0. The molecule has 0 unspecified atom stereocenters. The molecule has 0 bridgehead atoms. The lowest BCUT2D eigenvalue weighted by Crippen LogP contribution is -2.14. The molecule has 1 aliphatic heterocycles. The molecule has 4 aromatic rings. The van der Waals surface area contributed by atoms with Crippen LogP contribution in [0.3, 0.4) is 0 Å². The van der Waals surface area contributed by atoms with Gasteiger partial charge in [0.05, 0.1) is 15.4 Å². The van der Waals surface area contributed by atoms with E-state index in [9.17, 15) is 4.79 Å². The molecular weight excluding hydrogens is 777 g/mol. The van der Waals surface area contributed by atoms with E-state index in [0.29, 0.717) is 11.3 Å². The van der Waals surface area contributed by atoms with Gasteiger partial charge >= 0.3 is 5.97 Å². The van der Waals surface area contributed by atoms with Gasteiger partial charge in [-0.2, -0.15) is 0 Å². The third-order valence-corrected chi connectivity index (χ3v) is 12.6. The second kappa shape index (κ2) is 9.85. The third kappa shape index (κ3) is 4.47. The third-order valence-electron chi connectivity index (χ3n) is 4.88. The molecule has 0 fully saturated rings. The zero-order chi connectivity index (χ0) is 22.2. The van der Waals surface area contributed by atoms with Crippen molar-refractivity contribution in [1.29, 1.82) is 0 Å². The SMILES string of the molecule is O=C(Oc1ccc([S+]2c3ccccc3Sc3ccccc32)cc1)c1c(I)ccc(I)c1I. The largest absolute Gasteiger partial charge is 0.423 e. The first kappa shape index (κ1) is 23.0. The van der Waals surface area contributed by atoms with Crippen LogP contribution in [0.25, 0.3) is 0 Å². The molecule has 7 heteroatoms. The van der Waals surface area contributed by atoms with Crippen LogP contribution in [0.4, 0.5) is 0 Å². The highest BCUT2D eigenvalue weighted by Crippen LogP contribution is 2.48. The van der Waals surface area contributed by atoms with E-state index in [0.717, 1.165) is 10.7 Å². The van der Waals surface area contributed by atoms with Crippen LogP contribution in [0, 0.1) is 10.7 Å². The van der Waals surface area contributed by atoms with Crippen molar-refractivity contribution in [2.45, 2.75) is 24.5 Å². The molecule has 0 N–H and O–H groups in total. The first-order valence-corrected chi connectivity index (χ1v) is 14.9. The van der Waals surface area contributed by atoms with Crippen LogP contribution >= 0.6 is 79.5 Å². The fraction of sp³-hybridized carbons (Fsp3) is 0. The molecule has 2 nitrogen and oxygen atoms in total. The molecule has 4 aromatic carbocycles. The monoisotopic (exact) mass is 791 g/mol. The van der Waals surface area contributed by atoms with E-state index in [1.165, 1.54) is 24.5 Å². The number of benzene rings is 4.